The van der Waals surface area contributed by atoms with Gasteiger partial charge in [-0.3, -0.25) is 9.59 Å². The predicted octanol–water partition coefficient (Wildman–Crippen LogP) is 1.45. The van der Waals surface area contributed by atoms with Crippen molar-refractivity contribution in [3.05, 3.63) is 47.0 Å². The third kappa shape index (κ3) is 2.75. The van der Waals surface area contributed by atoms with E-state index in [0.29, 0.717) is 30.6 Å². The second-order valence-corrected chi connectivity index (χ2v) is 5.40. The summed E-state index contributed by atoms with van der Waals surface area (Å²) >= 11 is 0. The second kappa shape index (κ2) is 5.86. The van der Waals surface area contributed by atoms with Crippen LogP contribution >= 0.6 is 0 Å². The van der Waals surface area contributed by atoms with Crippen LogP contribution in [0.2, 0.25) is 0 Å². The summed E-state index contributed by atoms with van der Waals surface area (Å²) in [6, 6.07) is 10.4. The molecule has 0 saturated carbocycles. The lowest BCUT2D eigenvalue weighted by atomic mass is 9.90. The molecule has 0 N–H and O–H groups in total. The van der Waals surface area contributed by atoms with Gasteiger partial charge in [-0.1, -0.05) is 12.1 Å². The van der Waals surface area contributed by atoms with Crippen LogP contribution < -0.4 is 0 Å². The SMILES string of the molecule is N#CC1=CC2CN(C(=O)c3cccc(C#N)c3)CCC2=NC1=O. The fraction of sp³-hybridized carbons (Fsp3) is 0.235. The van der Waals surface area contributed by atoms with Crippen molar-refractivity contribution >= 4 is 17.5 Å². The zero-order valence-corrected chi connectivity index (χ0v) is 12.2. The summed E-state index contributed by atoms with van der Waals surface area (Å²) in [5, 5.41) is 17.9. The molecule has 0 bridgehead atoms. The van der Waals surface area contributed by atoms with Crippen molar-refractivity contribution in [1.82, 2.24) is 4.90 Å². The lowest BCUT2D eigenvalue weighted by Gasteiger charge is -2.33. The summed E-state index contributed by atoms with van der Waals surface area (Å²) in [5.74, 6) is -0.857. The Morgan fingerprint density at radius 3 is 2.87 bits per heavy atom. The standard InChI is InChI=1S/C17H12N4O2/c18-8-11-2-1-3-12(6-11)17(23)21-5-4-15-14(10-21)7-13(9-19)16(22)20-15/h1-3,6-7,14H,4-5,10H2. The lowest BCUT2D eigenvalue weighted by molar-refractivity contribution is -0.114. The number of hydrogen-bond donors (Lipinski definition) is 0. The van der Waals surface area contributed by atoms with Gasteiger partial charge in [-0.25, -0.2) is 4.99 Å². The Kier molecular flexibility index (Phi) is 3.74. The van der Waals surface area contributed by atoms with Gasteiger partial charge in [-0.05, 0) is 18.2 Å². The molecule has 1 saturated heterocycles. The molecule has 2 heterocycles. The smallest absolute Gasteiger partial charge is 0.287 e. The second-order valence-electron chi connectivity index (χ2n) is 5.40. The maximum atomic E-state index is 12.6. The fourth-order valence-electron chi connectivity index (χ4n) is 2.79. The highest BCUT2D eigenvalue weighted by Crippen LogP contribution is 2.23. The number of carbonyl (C=O) groups excluding carboxylic acids is 2. The van der Waals surface area contributed by atoms with E-state index in [1.807, 2.05) is 12.1 Å². The molecular formula is C17H12N4O2. The molecule has 2 amide bonds. The topological polar surface area (TPSA) is 97.3 Å². The Balaban J connectivity index is 1.81. The van der Waals surface area contributed by atoms with E-state index >= 15 is 0 Å². The van der Waals surface area contributed by atoms with Crippen LogP contribution in [0.25, 0.3) is 0 Å². The molecule has 2 aliphatic heterocycles. The Hall–Kier alpha value is -3.25. The van der Waals surface area contributed by atoms with Crippen LogP contribution in [0.1, 0.15) is 22.3 Å². The highest BCUT2D eigenvalue weighted by molar-refractivity contribution is 6.10. The highest BCUT2D eigenvalue weighted by Gasteiger charge is 2.32. The van der Waals surface area contributed by atoms with Gasteiger partial charge in [0.1, 0.15) is 11.6 Å². The number of nitriles is 2. The van der Waals surface area contributed by atoms with Crippen LogP contribution in [0.4, 0.5) is 0 Å². The Morgan fingerprint density at radius 2 is 2.13 bits per heavy atom. The van der Waals surface area contributed by atoms with Gasteiger partial charge in [-0.15, -0.1) is 0 Å². The van der Waals surface area contributed by atoms with E-state index in [0.717, 1.165) is 5.71 Å². The molecule has 23 heavy (non-hydrogen) atoms. The van der Waals surface area contributed by atoms with E-state index in [2.05, 4.69) is 4.99 Å². The van der Waals surface area contributed by atoms with Crippen molar-refractivity contribution in [2.45, 2.75) is 6.42 Å². The van der Waals surface area contributed by atoms with Crippen molar-refractivity contribution in [3.63, 3.8) is 0 Å². The molecule has 112 valence electrons. The van der Waals surface area contributed by atoms with Crippen LogP contribution in [0.3, 0.4) is 0 Å². The van der Waals surface area contributed by atoms with Crippen LogP contribution in [0.5, 0.6) is 0 Å². The number of nitrogens with zero attached hydrogens (tertiary/aromatic N) is 4. The maximum absolute atomic E-state index is 12.6. The monoisotopic (exact) mass is 304 g/mol. The zero-order valence-electron chi connectivity index (χ0n) is 12.2. The van der Waals surface area contributed by atoms with Crippen molar-refractivity contribution in [2.24, 2.45) is 10.9 Å². The van der Waals surface area contributed by atoms with E-state index in [9.17, 15) is 9.59 Å². The quantitative estimate of drug-likeness (QED) is 0.784. The average molecular weight is 304 g/mol. The van der Waals surface area contributed by atoms with Crippen LogP contribution in [-0.4, -0.2) is 35.5 Å². The van der Waals surface area contributed by atoms with Crippen molar-refractivity contribution in [3.8, 4) is 12.1 Å². The Bertz CT molecular complexity index is 839. The molecular weight excluding hydrogens is 292 g/mol. The number of fused-ring (bicyclic) bond motifs is 1. The molecule has 1 aromatic carbocycles. The minimum atomic E-state index is -0.500. The summed E-state index contributed by atoms with van der Waals surface area (Å²) in [5.41, 5.74) is 1.65. The van der Waals surface area contributed by atoms with Gasteiger partial charge >= 0.3 is 0 Å². The van der Waals surface area contributed by atoms with E-state index in [1.165, 1.54) is 0 Å². The minimum absolute atomic E-state index is 0.0273. The van der Waals surface area contributed by atoms with Gasteiger partial charge in [0.2, 0.25) is 0 Å². The first-order chi connectivity index (χ1) is 11.1. The summed E-state index contributed by atoms with van der Waals surface area (Å²) in [4.78, 5) is 29.8. The van der Waals surface area contributed by atoms with Gasteiger partial charge < -0.3 is 4.90 Å². The molecule has 2 aliphatic rings. The van der Waals surface area contributed by atoms with Gasteiger partial charge in [0.15, 0.2) is 0 Å². The molecule has 0 aliphatic carbocycles. The number of carbonyl (C=O) groups is 2. The molecule has 0 aromatic heterocycles. The van der Waals surface area contributed by atoms with Crippen molar-refractivity contribution in [1.29, 1.82) is 10.5 Å². The number of hydrogen-bond acceptors (Lipinski definition) is 4. The predicted molar refractivity (Wildman–Crippen MR) is 81.3 cm³/mol. The maximum Gasteiger partial charge on any atom is 0.287 e. The van der Waals surface area contributed by atoms with Crippen molar-refractivity contribution in [2.75, 3.05) is 13.1 Å². The minimum Gasteiger partial charge on any atom is -0.337 e. The number of aliphatic imine (C=N–C) groups is 1. The molecule has 0 radical (unpaired) electrons. The number of rotatable bonds is 1. The summed E-state index contributed by atoms with van der Waals surface area (Å²) in [6.45, 7) is 0.848. The molecule has 3 rings (SSSR count). The molecule has 1 aromatic rings. The molecule has 0 spiro atoms. The van der Waals surface area contributed by atoms with Gasteiger partial charge in [-0.2, -0.15) is 10.5 Å². The van der Waals surface area contributed by atoms with E-state index in [4.69, 9.17) is 10.5 Å². The number of dihydropyridines is 1. The first-order valence-corrected chi connectivity index (χ1v) is 7.15. The number of amides is 2. The first-order valence-electron chi connectivity index (χ1n) is 7.15. The normalized spacial score (nSPS) is 19.8. The number of piperidine rings is 1. The van der Waals surface area contributed by atoms with E-state index < -0.39 is 5.91 Å². The Labute approximate surface area is 133 Å². The Morgan fingerprint density at radius 1 is 1.30 bits per heavy atom. The van der Waals surface area contributed by atoms with E-state index in [1.54, 1.807) is 35.2 Å². The largest absolute Gasteiger partial charge is 0.337 e. The molecule has 1 fully saturated rings. The van der Waals surface area contributed by atoms with Crippen LogP contribution in [0.15, 0.2) is 40.9 Å². The summed E-state index contributed by atoms with van der Waals surface area (Å²) in [6.07, 6.45) is 2.10. The third-order valence-electron chi connectivity index (χ3n) is 3.97. The summed E-state index contributed by atoms with van der Waals surface area (Å²) < 4.78 is 0. The van der Waals surface area contributed by atoms with Gasteiger partial charge in [0.25, 0.3) is 11.8 Å². The number of benzene rings is 1. The fourth-order valence-corrected chi connectivity index (χ4v) is 2.79. The first kappa shape index (κ1) is 14.7. The zero-order chi connectivity index (χ0) is 16.4. The van der Waals surface area contributed by atoms with E-state index in [-0.39, 0.29) is 17.4 Å². The van der Waals surface area contributed by atoms with Gasteiger partial charge in [0.05, 0.1) is 11.6 Å². The molecule has 1 unspecified atom stereocenters. The molecule has 6 nitrogen and oxygen atoms in total. The third-order valence-corrected chi connectivity index (χ3v) is 3.97. The molecule has 6 heteroatoms. The molecule has 1 atom stereocenters. The van der Waals surface area contributed by atoms with Gasteiger partial charge in [0, 0.05) is 36.7 Å². The number of likely N-dealkylation sites (tertiary alicyclic amines) is 1. The van der Waals surface area contributed by atoms with Crippen LogP contribution in [0, 0.1) is 28.6 Å². The average Bonchev–Trinajstić information content (AvgIpc) is 2.60. The van der Waals surface area contributed by atoms with Crippen molar-refractivity contribution < 1.29 is 9.59 Å². The highest BCUT2D eigenvalue weighted by atomic mass is 16.2. The summed E-state index contributed by atoms with van der Waals surface area (Å²) in [7, 11) is 0. The van der Waals surface area contributed by atoms with Crippen LogP contribution in [-0.2, 0) is 4.79 Å². The lowest BCUT2D eigenvalue weighted by Crippen LogP contribution is -2.44.